The first-order chi connectivity index (χ1) is 9.58. The summed E-state index contributed by atoms with van der Waals surface area (Å²) in [7, 11) is 0. The molecule has 20 heavy (non-hydrogen) atoms. The van der Waals surface area contributed by atoms with Crippen LogP contribution in [0.2, 0.25) is 0 Å². The van der Waals surface area contributed by atoms with Crippen molar-refractivity contribution >= 4 is 0 Å². The molecule has 0 aliphatic heterocycles. The molecular formula is C16H18FNO2. The van der Waals surface area contributed by atoms with Crippen molar-refractivity contribution in [1.29, 1.82) is 0 Å². The van der Waals surface area contributed by atoms with Crippen LogP contribution in [0.5, 0.6) is 5.75 Å². The average Bonchev–Trinajstić information content (AvgIpc) is 2.45. The summed E-state index contributed by atoms with van der Waals surface area (Å²) in [6.07, 6.45) is -0.764. The van der Waals surface area contributed by atoms with Gasteiger partial charge in [0, 0.05) is 17.7 Å². The standard InChI is InChI=1S/C16H18FNO2/c1-11(18)14-8-7-13(17)9-16(14)20-10-15(19)12-5-3-2-4-6-12/h2-9,11,15,19H,10,18H2,1H3/t11-,15?/m0/s1. The van der Waals surface area contributed by atoms with Gasteiger partial charge < -0.3 is 15.6 Å². The van der Waals surface area contributed by atoms with Crippen LogP contribution in [0.4, 0.5) is 4.39 Å². The number of hydrogen-bond acceptors (Lipinski definition) is 3. The molecule has 3 N–H and O–H groups in total. The third-order valence-corrected chi connectivity index (χ3v) is 3.05. The fourth-order valence-corrected chi connectivity index (χ4v) is 1.95. The van der Waals surface area contributed by atoms with Gasteiger partial charge in [0.1, 0.15) is 24.3 Å². The zero-order valence-corrected chi connectivity index (χ0v) is 11.3. The number of benzene rings is 2. The molecule has 0 aliphatic rings. The molecule has 2 rings (SSSR count). The highest BCUT2D eigenvalue weighted by Gasteiger charge is 2.12. The third kappa shape index (κ3) is 3.56. The summed E-state index contributed by atoms with van der Waals surface area (Å²) >= 11 is 0. The fraction of sp³-hybridized carbons (Fsp3) is 0.250. The van der Waals surface area contributed by atoms with E-state index < -0.39 is 11.9 Å². The fourth-order valence-electron chi connectivity index (χ4n) is 1.95. The normalized spacial score (nSPS) is 13.8. The Balaban J connectivity index is 2.09. The number of aliphatic hydroxyl groups excluding tert-OH is 1. The van der Waals surface area contributed by atoms with Crippen LogP contribution in [0.3, 0.4) is 0 Å². The van der Waals surface area contributed by atoms with Gasteiger partial charge >= 0.3 is 0 Å². The Kier molecular flexibility index (Phi) is 4.71. The molecule has 0 aromatic heterocycles. The van der Waals surface area contributed by atoms with Gasteiger partial charge in [-0.05, 0) is 18.6 Å². The largest absolute Gasteiger partial charge is 0.490 e. The lowest BCUT2D eigenvalue weighted by Crippen LogP contribution is -2.13. The number of rotatable bonds is 5. The number of halogens is 1. The zero-order valence-electron chi connectivity index (χ0n) is 11.3. The van der Waals surface area contributed by atoms with Crippen LogP contribution in [0.25, 0.3) is 0 Å². The molecule has 0 amide bonds. The molecule has 0 fully saturated rings. The SMILES string of the molecule is C[C@H](N)c1ccc(F)cc1OCC(O)c1ccccc1. The highest BCUT2D eigenvalue weighted by molar-refractivity contribution is 5.36. The van der Waals surface area contributed by atoms with Crippen LogP contribution in [0.1, 0.15) is 30.2 Å². The van der Waals surface area contributed by atoms with Crippen molar-refractivity contribution in [3.8, 4) is 5.75 Å². The van der Waals surface area contributed by atoms with Crippen molar-refractivity contribution in [3.05, 3.63) is 65.5 Å². The van der Waals surface area contributed by atoms with E-state index in [1.165, 1.54) is 12.1 Å². The molecule has 0 heterocycles. The minimum absolute atomic E-state index is 0.0488. The Morgan fingerprint density at radius 1 is 1.20 bits per heavy atom. The van der Waals surface area contributed by atoms with Gasteiger partial charge in [0.2, 0.25) is 0 Å². The summed E-state index contributed by atoms with van der Waals surface area (Å²) in [4.78, 5) is 0. The Hall–Kier alpha value is -1.91. The van der Waals surface area contributed by atoms with Gasteiger partial charge in [0.15, 0.2) is 0 Å². The lowest BCUT2D eigenvalue weighted by Gasteiger charge is -2.17. The second-order valence-corrected chi connectivity index (χ2v) is 4.71. The first kappa shape index (κ1) is 14.5. The maximum atomic E-state index is 13.3. The van der Waals surface area contributed by atoms with Crippen molar-refractivity contribution in [1.82, 2.24) is 0 Å². The van der Waals surface area contributed by atoms with Crippen LogP contribution in [0, 0.1) is 5.82 Å². The molecule has 0 saturated heterocycles. The Morgan fingerprint density at radius 2 is 1.90 bits per heavy atom. The molecule has 1 unspecified atom stereocenters. The van der Waals surface area contributed by atoms with Crippen molar-refractivity contribution < 1.29 is 14.2 Å². The summed E-state index contributed by atoms with van der Waals surface area (Å²) < 4.78 is 18.8. The van der Waals surface area contributed by atoms with Gasteiger partial charge in [0.05, 0.1) is 0 Å². The molecule has 0 aliphatic carbocycles. The van der Waals surface area contributed by atoms with Crippen LogP contribution in [-0.4, -0.2) is 11.7 Å². The third-order valence-electron chi connectivity index (χ3n) is 3.05. The van der Waals surface area contributed by atoms with Crippen molar-refractivity contribution in [2.24, 2.45) is 5.73 Å². The molecule has 2 aromatic carbocycles. The van der Waals surface area contributed by atoms with Crippen molar-refractivity contribution in [2.75, 3.05) is 6.61 Å². The number of nitrogens with two attached hydrogens (primary N) is 1. The van der Waals surface area contributed by atoms with Gasteiger partial charge in [-0.2, -0.15) is 0 Å². The highest BCUT2D eigenvalue weighted by atomic mass is 19.1. The molecule has 0 spiro atoms. The number of hydrogen-bond donors (Lipinski definition) is 2. The Morgan fingerprint density at radius 3 is 2.55 bits per heavy atom. The van der Waals surface area contributed by atoms with Gasteiger partial charge in [-0.25, -0.2) is 4.39 Å². The summed E-state index contributed by atoms with van der Waals surface area (Å²) in [5.74, 6) is -0.0198. The number of aliphatic hydroxyl groups is 1. The monoisotopic (exact) mass is 275 g/mol. The molecule has 106 valence electrons. The smallest absolute Gasteiger partial charge is 0.127 e. The highest BCUT2D eigenvalue weighted by Crippen LogP contribution is 2.26. The predicted octanol–water partition coefficient (Wildman–Crippen LogP) is 2.96. The first-order valence-electron chi connectivity index (χ1n) is 6.48. The van der Waals surface area contributed by atoms with E-state index in [0.717, 1.165) is 5.56 Å². The van der Waals surface area contributed by atoms with Gasteiger partial charge in [-0.15, -0.1) is 0 Å². The Bertz CT molecular complexity index is 558. The van der Waals surface area contributed by atoms with E-state index in [4.69, 9.17) is 10.5 Å². The van der Waals surface area contributed by atoms with Crippen molar-refractivity contribution in [3.63, 3.8) is 0 Å². The van der Waals surface area contributed by atoms with E-state index in [9.17, 15) is 9.50 Å². The van der Waals surface area contributed by atoms with E-state index in [1.807, 2.05) is 30.3 Å². The molecule has 0 saturated carbocycles. The van der Waals surface area contributed by atoms with Crippen LogP contribution < -0.4 is 10.5 Å². The topological polar surface area (TPSA) is 55.5 Å². The maximum absolute atomic E-state index is 13.3. The molecule has 2 aromatic rings. The molecule has 4 heteroatoms. The van der Waals surface area contributed by atoms with E-state index in [1.54, 1.807) is 13.0 Å². The first-order valence-corrected chi connectivity index (χ1v) is 6.48. The maximum Gasteiger partial charge on any atom is 0.127 e. The second kappa shape index (κ2) is 6.50. The van der Waals surface area contributed by atoms with E-state index in [-0.39, 0.29) is 12.6 Å². The predicted molar refractivity (Wildman–Crippen MR) is 75.9 cm³/mol. The molecule has 2 atom stereocenters. The van der Waals surface area contributed by atoms with Gasteiger partial charge in [-0.1, -0.05) is 36.4 Å². The summed E-state index contributed by atoms with van der Waals surface area (Å²) in [6, 6.07) is 13.2. The Labute approximate surface area is 117 Å². The van der Waals surface area contributed by atoms with Crippen molar-refractivity contribution in [2.45, 2.75) is 19.1 Å². The lowest BCUT2D eigenvalue weighted by atomic mass is 10.1. The average molecular weight is 275 g/mol. The lowest BCUT2D eigenvalue weighted by molar-refractivity contribution is 0.107. The van der Waals surface area contributed by atoms with Crippen LogP contribution in [-0.2, 0) is 0 Å². The molecule has 3 nitrogen and oxygen atoms in total. The molecule has 0 radical (unpaired) electrons. The quantitative estimate of drug-likeness (QED) is 0.882. The number of ether oxygens (including phenoxy) is 1. The summed E-state index contributed by atoms with van der Waals surface area (Å²) in [5, 5.41) is 10.0. The van der Waals surface area contributed by atoms with E-state index >= 15 is 0 Å². The van der Waals surface area contributed by atoms with Gasteiger partial charge in [-0.3, -0.25) is 0 Å². The van der Waals surface area contributed by atoms with E-state index in [2.05, 4.69) is 0 Å². The summed E-state index contributed by atoms with van der Waals surface area (Å²) in [5.41, 5.74) is 7.29. The summed E-state index contributed by atoms with van der Waals surface area (Å²) in [6.45, 7) is 1.85. The minimum atomic E-state index is -0.764. The second-order valence-electron chi connectivity index (χ2n) is 4.71. The van der Waals surface area contributed by atoms with Crippen LogP contribution >= 0.6 is 0 Å². The van der Waals surface area contributed by atoms with Gasteiger partial charge in [0.25, 0.3) is 0 Å². The molecule has 0 bridgehead atoms. The van der Waals surface area contributed by atoms with Crippen LogP contribution in [0.15, 0.2) is 48.5 Å². The minimum Gasteiger partial charge on any atom is -0.490 e. The molecular weight excluding hydrogens is 257 g/mol. The zero-order chi connectivity index (χ0) is 14.5. The van der Waals surface area contributed by atoms with E-state index in [0.29, 0.717) is 11.3 Å².